The van der Waals surface area contributed by atoms with E-state index < -0.39 is 12.1 Å². The molecule has 0 saturated carbocycles. The molecule has 0 aromatic heterocycles. The molecule has 2 aliphatic rings. The maximum absolute atomic E-state index is 12.6. The van der Waals surface area contributed by atoms with Crippen LogP contribution in [0, 0.1) is 0 Å². The van der Waals surface area contributed by atoms with Gasteiger partial charge in [0.05, 0.1) is 39.7 Å². The number of hydrogen-bond acceptors (Lipinski definition) is 9. The normalized spacial score (nSPS) is 16.4. The lowest BCUT2D eigenvalue weighted by Gasteiger charge is -2.19. The van der Waals surface area contributed by atoms with Crippen molar-refractivity contribution in [1.82, 2.24) is 0 Å². The van der Waals surface area contributed by atoms with Gasteiger partial charge in [-0.3, -0.25) is 0 Å². The number of carbonyl (C=O) groups is 1. The molecule has 0 saturated heterocycles. The summed E-state index contributed by atoms with van der Waals surface area (Å²) in [5, 5.41) is 4.15. The number of nitrogens with zero attached hydrogens (tertiary/aromatic N) is 1. The van der Waals surface area contributed by atoms with Gasteiger partial charge in [0.15, 0.2) is 29.1 Å². The van der Waals surface area contributed by atoms with Gasteiger partial charge < -0.3 is 33.3 Å². The quantitative estimate of drug-likeness (QED) is 0.560. The van der Waals surface area contributed by atoms with Crippen molar-refractivity contribution in [2.75, 3.05) is 41.7 Å². The van der Waals surface area contributed by atoms with Crippen LogP contribution in [0.5, 0.6) is 28.7 Å². The molecule has 1 atom stereocenters. The van der Waals surface area contributed by atoms with Crippen molar-refractivity contribution in [2.45, 2.75) is 12.5 Å². The first-order valence-electron chi connectivity index (χ1n) is 10.3. The second kappa shape index (κ2) is 9.72. The van der Waals surface area contributed by atoms with Crippen molar-refractivity contribution in [3.8, 4) is 28.7 Å². The molecule has 0 bridgehead atoms. The highest BCUT2D eigenvalue weighted by Crippen LogP contribution is 2.39. The SMILES string of the molecule is COc1cccc2c1OCC(C(=O)OCC1CC(c3cc(OC)c(OC)c(OC)c3)=NO1)=C2. The Morgan fingerprint density at radius 3 is 2.42 bits per heavy atom. The highest BCUT2D eigenvalue weighted by Gasteiger charge is 2.27. The Kier molecular flexibility index (Phi) is 6.58. The Labute approximate surface area is 191 Å². The number of carbonyl (C=O) groups excluding carboxylic acids is 1. The Hall–Kier alpha value is -3.88. The Balaban J connectivity index is 1.38. The molecule has 0 N–H and O–H groups in total. The summed E-state index contributed by atoms with van der Waals surface area (Å²) in [5.74, 6) is 2.30. The number of hydrogen-bond donors (Lipinski definition) is 0. The molecule has 9 heteroatoms. The van der Waals surface area contributed by atoms with Crippen molar-refractivity contribution in [1.29, 1.82) is 0 Å². The zero-order chi connectivity index (χ0) is 23.4. The molecular weight excluding hydrogens is 430 g/mol. The lowest BCUT2D eigenvalue weighted by Crippen LogP contribution is -2.23. The number of methoxy groups -OCH3 is 4. The van der Waals surface area contributed by atoms with Crippen molar-refractivity contribution in [2.24, 2.45) is 5.16 Å². The molecule has 174 valence electrons. The Morgan fingerprint density at radius 2 is 1.76 bits per heavy atom. The van der Waals surface area contributed by atoms with Crippen LogP contribution in [-0.4, -0.2) is 59.4 Å². The minimum atomic E-state index is -0.465. The fraction of sp³-hybridized carbons (Fsp3) is 0.333. The van der Waals surface area contributed by atoms with Gasteiger partial charge in [-0.2, -0.15) is 0 Å². The standard InChI is InChI=1S/C24H25NO8/c1-27-19-7-5-6-14-8-16(12-31-22(14)19)24(26)32-13-17-11-18(25-33-17)15-9-20(28-2)23(30-4)21(10-15)29-3/h5-10,17H,11-13H2,1-4H3. The van der Waals surface area contributed by atoms with E-state index in [0.29, 0.717) is 46.5 Å². The Bertz CT molecular complexity index is 1080. The van der Waals surface area contributed by atoms with Gasteiger partial charge in [0.1, 0.15) is 13.2 Å². The maximum atomic E-state index is 12.6. The topological polar surface area (TPSA) is 94.0 Å². The summed E-state index contributed by atoms with van der Waals surface area (Å²) in [4.78, 5) is 18.0. The molecule has 1 unspecified atom stereocenters. The fourth-order valence-corrected chi connectivity index (χ4v) is 3.66. The maximum Gasteiger partial charge on any atom is 0.337 e. The van der Waals surface area contributed by atoms with Crippen LogP contribution in [0.15, 0.2) is 41.1 Å². The number of para-hydroxylation sites is 1. The number of esters is 1. The highest BCUT2D eigenvalue weighted by molar-refractivity contribution is 6.02. The third-order valence-electron chi connectivity index (χ3n) is 5.32. The van der Waals surface area contributed by atoms with Gasteiger partial charge in [-0.25, -0.2) is 4.79 Å². The summed E-state index contributed by atoms with van der Waals surface area (Å²) < 4.78 is 32.6. The van der Waals surface area contributed by atoms with Gasteiger partial charge in [0.2, 0.25) is 5.75 Å². The van der Waals surface area contributed by atoms with Crippen molar-refractivity contribution >= 4 is 17.8 Å². The van der Waals surface area contributed by atoms with E-state index in [9.17, 15) is 4.79 Å². The number of fused-ring (bicyclic) bond motifs is 1. The molecule has 2 aliphatic heterocycles. The molecule has 0 aliphatic carbocycles. The molecule has 33 heavy (non-hydrogen) atoms. The van der Waals surface area contributed by atoms with Crippen molar-refractivity contribution in [3.63, 3.8) is 0 Å². The summed E-state index contributed by atoms with van der Waals surface area (Å²) >= 11 is 0. The largest absolute Gasteiger partial charge is 0.493 e. The third-order valence-corrected chi connectivity index (χ3v) is 5.32. The van der Waals surface area contributed by atoms with E-state index in [1.807, 2.05) is 12.1 Å². The first-order chi connectivity index (χ1) is 16.1. The van der Waals surface area contributed by atoms with Crippen LogP contribution in [0.4, 0.5) is 0 Å². The predicted molar refractivity (Wildman–Crippen MR) is 120 cm³/mol. The van der Waals surface area contributed by atoms with Gasteiger partial charge in [0.25, 0.3) is 0 Å². The monoisotopic (exact) mass is 455 g/mol. The van der Waals surface area contributed by atoms with E-state index in [0.717, 1.165) is 11.1 Å². The van der Waals surface area contributed by atoms with Crippen LogP contribution in [0.1, 0.15) is 17.5 Å². The van der Waals surface area contributed by atoms with Crippen LogP contribution in [-0.2, 0) is 14.4 Å². The summed E-state index contributed by atoms with van der Waals surface area (Å²) in [7, 11) is 6.22. The number of ether oxygens (including phenoxy) is 6. The lowest BCUT2D eigenvalue weighted by molar-refractivity contribution is -0.143. The van der Waals surface area contributed by atoms with Gasteiger partial charge >= 0.3 is 5.97 Å². The second-order valence-electron chi connectivity index (χ2n) is 7.32. The summed E-state index contributed by atoms with van der Waals surface area (Å²) in [6.07, 6.45) is 1.80. The molecule has 2 aromatic rings. The molecule has 0 fully saturated rings. The van der Waals surface area contributed by atoms with E-state index in [-0.39, 0.29) is 13.2 Å². The Morgan fingerprint density at radius 1 is 1.03 bits per heavy atom. The predicted octanol–water partition coefficient (Wildman–Crippen LogP) is 3.23. The zero-order valence-corrected chi connectivity index (χ0v) is 18.9. The van der Waals surface area contributed by atoms with Crippen molar-refractivity contribution in [3.05, 3.63) is 47.0 Å². The molecule has 2 aromatic carbocycles. The van der Waals surface area contributed by atoms with Crippen LogP contribution >= 0.6 is 0 Å². The second-order valence-corrected chi connectivity index (χ2v) is 7.32. The fourth-order valence-electron chi connectivity index (χ4n) is 3.66. The van der Waals surface area contributed by atoms with Crippen LogP contribution in [0.2, 0.25) is 0 Å². The highest BCUT2D eigenvalue weighted by atomic mass is 16.7. The average molecular weight is 455 g/mol. The van der Waals surface area contributed by atoms with E-state index in [1.54, 1.807) is 52.7 Å². The number of benzene rings is 2. The van der Waals surface area contributed by atoms with E-state index in [4.69, 9.17) is 33.3 Å². The molecule has 0 radical (unpaired) electrons. The first-order valence-corrected chi connectivity index (χ1v) is 10.3. The minimum Gasteiger partial charge on any atom is -0.493 e. The van der Waals surface area contributed by atoms with Gasteiger partial charge in [-0.05, 0) is 24.3 Å². The van der Waals surface area contributed by atoms with Crippen molar-refractivity contribution < 1.29 is 38.1 Å². The molecular formula is C24H25NO8. The van der Waals surface area contributed by atoms with Gasteiger partial charge in [-0.15, -0.1) is 0 Å². The van der Waals surface area contributed by atoms with Crippen LogP contribution in [0.3, 0.4) is 0 Å². The smallest absolute Gasteiger partial charge is 0.337 e. The third kappa shape index (κ3) is 4.52. The molecule has 0 spiro atoms. The molecule has 2 heterocycles. The molecule has 9 nitrogen and oxygen atoms in total. The number of rotatable bonds is 8. The molecule has 4 rings (SSSR count). The van der Waals surface area contributed by atoms with Gasteiger partial charge in [0, 0.05) is 17.5 Å². The summed E-state index contributed by atoms with van der Waals surface area (Å²) in [5.41, 5.74) is 2.64. The first kappa shape index (κ1) is 22.3. The van der Waals surface area contributed by atoms with E-state index in [2.05, 4.69) is 5.16 Å². The van der Waals surface area contributed by atoms with E-state index >= 15 is 0 Å². The van der Waals surface area contributed by atoms with Crippen LogP contribution in [0.25, 0.3) is 6.08 Å². The lowest BCUT2D eigenvalue weighted by atomic mass is 10.0. The summed E-state index contributed by atoms with van der Waals surface area (Å²) in [6, 6.07) is 9.09. The van der Waals surface area contributed by atoms with E-state index in [1.165, 1.54) is 0 Å². The molecule has 0 amide bonds. The minimum absolute atomic E-state index is 0.0541. The van der Waals surface area contributed by atoms with Gasteiger partial charge in [-0.1, -0.05) is 17.3 Å². The summed E-state index contributed by atoms with van der Waals surface area (Å²) in [6.45, 7) is 0.156. The average Bonchev–Trinajstić information content (AvgIpc) is 3.34. The van der Waals surface area contributed by atoms with Crippen LogP contribution < -0.4 is 23.7 Å². The number of oxime groups is 1. The zero-order valence-electron chi connectivity index (χ0n) is 18.9.